The highest BCUT2D eigenvalue weighted by atomic mass is 19.1. The van der Waals surface area contributed by atoms with Crippen molar-refractivity contribution in [3.8, 4) is 11.3 Å². The molecule has 1 saturated heterocycles. The zero-order chi connectivity index (χ0) is 24.3. The van der Waals surface area contributed by atoms with Crippen LogP contribution in [0.15, 0.2) is 54.7 Å². The maximum absolute atomic E-state index is 13.7. The first-order valence-electron chi connectivity index (χ1n) is 11.8. The van der Waals surface area contributed by atoms with Gasteiger partial charge in [0.25, 0.3) is 0 Å². The summed E-state index contributed by atoms with van der Waals surface area (Å²) in [5.74, 6) is -0.672. The molecule has 0 amide bonds. The third-order valence-electron chi connectivity index (χ3n) is 6.49. The van der Waals surface area contributed by atoms with Crippen molar-refractivity contribution in [3.63, 3.8) is 0 Å². The summed E-state index contributed by atoms with van der Waals surface area (Å²) in [6.45, 7) is 11.7. The van der Waals surface area contributed by atoms with Crippen LogP contribution < -0.4 is 10.6 Å². The summed E-state index contributed by atoms with van der Waals surface area (Å²) >= 11 is 0. The predicted molar refractivity (Wildman–Crippen MR) is 133 cm³/mol. The van der Waals surface area contributed by atoms with Gasteiger partial charge in [-0.05, 0) is 49.2 Å². The van der Waals surface area contributed by atoms with Gasteiger partial charge in [-0.2, -0.15) is 0 Å². The molecule has 180 valence electrons. The van der Waals surface area contributed by atoms with Gasteiger partial charge in [0.2, 0.25) is 5.95 Å². The fourth-order valence-electron chi connectivity index (χ4n) is 4.33. The van der Waals surface area contributed by atoms with Gasteiger partial charge in [0.1, 0.15) is 11.6 Å². The number of halogens is 2. The van der Waals surface area contributed by atoms with Crippen molar-refractivity contribution >= 4 is 5.95 Å². The number of nitrogens with zero attached hydrogens (tertiary/aromatic N) is 3. The van der Waals surface area contributed by atoms with E-state index in [0.717, 1.165) is 37.0 Å². The Balaban J connectivity index is 1.46. The number of piperazine rings is 1. The monoisotopic (exact) mass is 465 g/mol. The molecule has 2 aromatic carbocycles. The maximum atomic E-state index is 13.7. The number of nitrogens with one attached hydrogen (secondary N) is 2. The molecular weight excluding hydrogens is 432 g/mol. The third kappa shape index (κ3) is 5.96. The van der Waals surface area contributed by atoms with Crippen LogP contribution >= 0.6 is 0 Å². The Bertz CT molecular complexity index is 1110. The van der Waals surface area contributed by atoms with E-state index in [2.05, 4.69) is 58.6 Å². The highest BCUT2D eigenvalue weighted by Crippen LogP contribution is 2.26. The minimum absolute atomic E-state index is 0.429. The molecule has 7 heteroatoms. The summed E-state index contributed by atoms with van der Waals surface area (Å²) in [6, 6.07) is 15.0. The molecule has 2 atom stereocenters. The van der Waals surface area contributed by atoms with E-state index in [-0.39, 0.29) is 0 Å². The Kier molecular flexibility index (Phi) is 7.24. The lowest BCUT2D eigenvalue weighted by atomic mass is 9.84. The van der Waals surface area contributed by atoms with Crippen molar-refractivity contribution in [2.45, 2.75) is 51.7 Å². The number of aromatic nitrogens is 2. The average molecular weight is 466 g/mol. The standard InChI is InChI=1S/C27H33F2N5/c1-18-15-34(19(2)14-31-18)16-20-6-5-7-21(10-20)25-8-9-30-26(33-25)32-17-27(3,4)22-11-23(28)13-24(29)12-22/h5-13,18-19,31H,14-17H2,1-4H3,(H,30,32,33)/t18-,19-/m0/s1. The molecule has 1 aliphatic heterocycles. The summed E-state index contributed by atoms with van der Waals surface area (Å²) in [5.41, 5.74) is 3.18. The zero-order valence-electron chi connectivity index (χ0n) is 20.3. The zero-order valence-corrected chi connectivity index (χ0v) is 20.3. The van der Waals surface area contributed by atoms with Crippen LogP contribution in [0.3, 0.4) is 0 Å². The molecule has 1 aromatic heterocycles. The number of hydrogen-bond donors (Lipinski definition) is 2. The lowest BCUT2D eigenvalue weighted by Crippen LogP contribution is -2.53. The van der Waals surface area contributed by atoms with Crippen LogP contribution in [0.25, 0.3) is 11.3 Å². The van der Waals surface area contributed by atoms with E-state index in [0.29, 0.717) is 30.1 Å². The van der Waals surface area contributed by atoms with Gasteiger partial charge in [-0.15, -0.1) is 0 Å². The van der Waals surface area contributed by atoms with E-state index in [4.69, 9.17) is 4.98 Å². The van der Waals surface area contributed by atoms with Crippen molar-refractivity contribution in [2.75, 3.05) is 25.0 Å². The second-order valence-electron chi connectivity index (χ2n) is 9.95. The Labute approximate surface area is 200 Å². The Morgan fingerprint density at radius 2 is 1.85 bits per heavy atom. The molecule has 0 unspecified atom stereocenters. The third-order valence-corrected chi connectivity index (χ3v) is 6.49. The Morgan fingerprint density at radius 3 is 2.62 bits per heavy atom. The van der Waals surface area contributed by atoms with Gasteiger partial charge < -0.3 is 10.6 Å². The quantitative estimate of drug-likeness (QED) is 0.515. The second-order valence-corrected chi connectivity index (χ2v) is 9.95. The molecule has 2 N–H and O–H groups in total. The van der Waals surface area contributed by atoms with Gasteiger partial charge in [-0.1, -0.05) is 32.0 Å². The molecule has 0 radical (unpaired) electrons. The molecule has 0 aliphatic carbocycles. The summed E-state index contributed by atoms with van der Waals surface area (Å²) in [7, 11) is 0. The van der Waals surface area contributed by atoms with Crippen molar-refractivity contribution < 1.29 is 8.78 Å². The molecule has 0 saturated carbocycles. The van der Waals surface area contributed by atoms with E-state index < -0.39 is 17.0 Å². The average Bonchev–Trinajstić information content (AvgIpc) is 2.80. The Morgan fingerprint density at radius 1 is 1.09 bits per heavy atom. The summed E-state index contributed by atoms with van der Waals surface area (Å²) < 4.78 is 27.4. The van der Waals surface area contributed by atoms with Gasteiger partial charge in [0.15, 0.2) is 0 Å². The molecule has 5 nitrogen and oxygen atoms in total. The van der Waals surface area contributed by atoms with Gasteiger partial charge >= 0.3 is 0 Å². The summed E-state index contributed by atoms with van der Waals surface area (Å²) in [5, 5.41) is 6.77. The number of benzene rings is 2. The maximum Gasteiger partial charge on any atom is 0.223 e. The highest BCUT2D eigenvalue weighted by Gasteiger charge is 2.23. The normalized spacial score (nSPS) is 19.2. The lowest BCUT2D eigenvalue weighted by molar-refractivity contribution is 0.139. The largest absolute Gasteiger partial charge is 0.353 e. The molecule has 1 fully saturated rings. The van der Waals surface area contributed by atoms with Crippen LogP contribution in [0.5, 0.6) is 0 Å². The Hall–Kier alpha value is -2.90. The van der Waals surface area contributed by atoms with E-state index in [1.54, 1.807) is 6.20 Å². The molecule has 2 heterocycles. The van der Waals surface area contributed by atoms with Gasteiger partial charge in [0, 0.05) is 61.5 Å². The summed E-state index contributed by atoms with van der Waals surface area (Å²) in [4.78, 5) is 11.5. The molecule has 34 heavy (non-hydrogen) atoms. The molecule has 0 spiro atoms. The smallest absolute Gasteiger partial charge is 0.223 e. The van der Waals surface area contributed by atoms with Crippen LogP contribution in [-0.2, 0) is 12.0 Å². The lowest BCUT2D eigenvalue weighted by Gasteiger charge is -2.37. The topological polar surface area (TPSA) is 53.1 Å². The van der Waals surface area contributed by atoms with Gasteiger partial charge in [-0.3, -0.25) is 4.90 Å². The molecule has 4 rings (SSSR count). The van der Waals surface area contributed by atoms with Crippen molar-refractivity contribution in [1.82, 2.24) is 20.2 Å². The first-order valence-corrected chi connectivity index (χ1v) is 11.8. The minimum atomic E-state index is -0.578. The molecular formula is C27H33F2N5. The molecule has 1 aliphatic rings. The highest BCUT2D eigenvalue weighted by molar-refractivity contribution is 5.61. The van der Waals surface area contributed by atoms with Crippen LogP contribution in [0.1, 0.15) is 38.8 Å². The van der Waals surface area contributed by atoms with Crippen LogP contribution in [0, 0.1) is 11.6 Å². The number of anilines is 1. The second kappa shape index (κ2) is 10.2. The number of rotatable bonds is 7. The van der Waals surface area contributed by atoms with Crippen molar-refractivity contribution in [2.24, 2.45) is 0 Å². The van der Waals surface area contributed by atoms with E-state index in [1.165, 1.54) is 17.7 Å². The van der Waals surface area contributed by atoms with Crippen molar-refractivity contribution in [3.05, 3.63) is 77.5 Å². The SMILES string of the molecule is C[C@H]1CN(Cc2cccc(-c3ccnc(NCC(C)(C)c4cc(F)cc(F)c4)n3)c2)[C@@H](C)CN1. The van der Waals surface area contributed by atoms with Gasteiger partial charge in [0.05, 0.1) is 5.69 Å². The molecule has 3 aromatic rings. The van der Waals surface area contributed by atoms with E-state index in [1.807, 2.05) is 19.9 Å². The van der Waals surface area contributed by atoms with E-state index >= 15 is 0 Å². The fraction of sp³-hybridized carbons (Fsp3) is 0.407. The van der Waals surface area contributed by atoms with Gasteiger partial charge in [-0.25, -0.2) is 18.7 Å². The summed E-state index contributed by atoms with van der Waals surface area (Å²) in [6.07, 6.45) is 1.73. The van der Waals surface area contributed by atoms with Crippen LogP contribution in [0.4, 0.5) is 14.7 Å². The van der Waals surface area contributed by atoms with Crippen LogP contribution in [0.2, 0.25) is 0 Å². The van der Waals surface area contributed by atoms with E-state index in [9.17, 15) is 8.78 Å². The number of hydrogen-bond acceptors (Lipinski definition) is 5. The predicted octanol–water partition coefficient (Wildman–Crippen LogP) is 4.99. The fourth-order valence-corrected chi connectivity index (χ4v) is 4.33. The first-order chi connectivity index (χ1) is 16.2. The van der Waals surface area contributed by atoms with Crippen LogP contribution in [-0.4, -0.2) is 46.6 Å². The minimum Gasteiger partial charge on any atom is -0.353 e. The van der Waals surface area contributed by atoms with Crippen molar-refractivity contribution in [1.29, 1.82) is 0 Å². The first kappa shape index (κ1) is 24.2. The molecule has 0 bridgehead atoms.